The third kappa shape index (κ3) is 4.79. The maximum atomic E-state index is 10.1. The molecule has 0 unspecified atom stereocenters. The number of hydrogen-bond donors (Lipinski definition) is 1. The summed E-state index contributed by atoms with van der Waals surface area (Å²) in [6.07, 6.45) is -0.222. The van der Waals surface area contributed by atoms with E-state index in [-0.39, 0.29) is 12.0 Å². The number of aromatic nitrogens is 3. The van der Waals surface area contributed by atoms with E-state index < -0.39 is 5.60 Å². The average Bonchev–Trinajstić information content (AvgIpc) is 2.74. The van der Waals surface area contributed by atoms with Crippen LogP contribution >= 0.6 is 0 Å². The molecule has 1 N–H and O–H groups in total. The monoisotopic (exact) mass is 317 g/mol. The standard InChI is InChI=1S/C18H27N3O2/c1-12(2)16(23-15-9-7-8-13(3)10-15)17-19-14(4)20-21(17)11-18(5,6)22/h7-10,12,16,22H,11H2,1-6H3/t16-/m0/s1. The summed E-state index contributed by atoms with van der Waals surface area (Å²) in [5.41, 5.74) is 0.291. The Labute approximate surface area is 138 Å². The van der Waals surface area contributed by atoms with Gasteiger partial charge in [0, 0.05) is 0 Å². The molecule has 1 aromatic carbocycles. The van der Waals surface area contributed by atoms with Crippen LogP contribution in [0.3, 0.4) is 0 Å². The number of aliphatic hydroxyl groups is 1. The highest BCUT2D eigenvalue weighted by Gasteiger charge is 2.27. The van der Waals surface area contributed by atoms with E-state index >= 15 is 0 Å². The van der Waals surface area contributed by atoms with Crippen LogP contribution in [0.1, 0.15) is 51.0 Å². The third-order valence-electron chi connectivity index (χ3n) is 3.46. The first-order valence-electron chi connectivity index (χ1n) is 8.03. The Morgan fingerprint density at radius 3 is 2.52 bits per heavy atom. The van der Waals surface area contributed by atoms with E-state index in [0.717, 1.165) is 17.1 Å². The highest BCUT2D eigenvalue weighted by Crippen LogP contribution is 2.28. The topological polar surface area (TPSA) is 60.2 Å². The molecule has 23 heavy (non-hydrogen) atoms. The highest BCUT2D eigenvalue weighted by atomic mass is 16.5. The van der Waals surface area contributed by atoms with Crippen molar-refractivity contribution in [1.29, 1.82) is 0 Å². The van der Waals surface area contributed by atoms with Gasteiger partial charge in [-0.1, -0.05) is 26.0 Å². The van der Waals surface area contributed by atoms with Crippen LogP contribution in [-0.4, -0.2) is 25.5 Å². The second kappa shape index (κ2) is 6.71. The van der Waals surface area contributed by atoms with Crippen LogP contribution in [0.2, 0.25) is 0 Å². The van der Waals surface area contributed by atoms with Gasteiger partial charge in [-0.3, -0.25) is 0 Å². The lowest BCUT2D eigenvalue weighted by Crippen LogP contribution is -2.30. The van der Waals surface area contributed by atoms with Gasteiger partial charge < -0.3 is 9.84 Å². The quantitative estimate of drug-likeness (QED) is 0.886. The Hall–Kier alpha value is -1.88. The molecule has 1 heterocycles. The van der Waals surface area contributed by atoms with Crippen molar-refractivity contribution in [1.82, 2.24) is 14.8 Å². The first-order valence-corrected chi connectivity index (χ1v) is 8.03. The van der Waals surface area contributed by atoms with Crippen LogP contribution in [0, 0.1) is 19.8 Å². The fourth-order valence-corrected chi connectivity index (χ4v) is 2.49. The summed E-state index contributed by atoms with van der Waals surface area (Å²) in [7, 11) is 0. The van der Waals surface area contributed by atoms with Crippen LogP contribution in [0.25, 0.3) is 0 Å². The molecule has 0 amide bonds. The second-order valence-electron chi connectivity index (χ2n) is 7.09. The van der Waals surface area contributed by atoms with Crippen molar-refractivity contribution in [3.63, 3.8) is 0 Å². The predicted octanol–water partition coefficient (Wildman–Crippen LogP) is 3.44. The Balaban J connectivity index is 2.34. The van der Waals surface area contributed by atoms with E-state index in [0.29, 0.717) is 12.4 Å². The molecule has 2 rings (SSSR count). The van der Waals surface area contributed by atoms with Crippen molar-refractivity contribution in [2.24, 2.45) is 5.92 Å². The summed E-state index contributed by atoms with van der Waals surface area (Å²) in [6.45, 7) is 12.0. The summed E-state index contributed by atoms with van der Waals surface area (Å²) < 4.78 is 7.97. The van der Waals surface area contributed by atoms with Gasteiger partial charge in [-0.05, 0) is 51.3 Å². The second-order valence-corrected chi connectivity index (χ2v) is 7.09. The lowest BCUT2D eigenvalue weighted by Gasteiger charge is -2.24. The van der Waals surface area contributed by atoms with E-state index in [9.17, 15) is 5.11 Å². The molecule has 5 nitrogen and oxygen atoms in total. The summed E-state index contributed by atoms with van der Waals surface area (Å²) in [6, 6.07) is 7.98. The fourth-order valence-electron chi connectivity index (χ4n) is 2.49. The molecule has 0 aliphatic carbocycles. The smallest absolute Gasteiger partial charge is 0.168 e. The van der Waals surface area contributed by atoms with Crippen LogP contribution in [-0.2, 0) is 6.54 Å². The van der Waals surface area contributed by atoms with Gasteiger partial charge in [0.1, 0.15) is 11.6 Å². The van der Waals surface area contributed by atoms with Crippen LogP contribution in [0.15, 0.2) is 24.3 Å². The van der Waals surface area contributed by atoms with Crippen molar-refractivity contribution in [2.75, 3.05) is 0 Å². The van der Waals surface area contributed by atoms with Crippen LogP contribution in [0.4, 0.5) is 0 Å². The minimum absolute atomic E-state index is 0.222. The van der Waals surface area contributed by atoms with Gasteiger partial charge in [0.15, 0.2) is 11.9 Å². The molecule has 0 aliphatic heterocycles. The molecular weight excluding hydrogens is 290 g/mol. The molecule has 2 aromatic rings. The van der Waals surface area contributed by atoms with Gasteiger partial charge in [0.2, 0.25) is 0 Å². The zero-order valence-electron chi connectivity index (χ0n) is 14.9. The van der Waals surface area contributed by atoms with E-state index in [1.165, 1.54) is 0 Å². The van der Waals surface area contributed by atoms with Crippen molar-refractivity contribution in [2.45, 2.75) is 59.8 Å². The molecule has 5 heteroatoms. The lowest BCUT2D eigenvalue weighted by molar-refractivity contribution is 0.0514. The van der Waals surface area contributed by atoms with Gasteiger partial charge in [-0.15, -0.1) is 0 Å². The largest absolute Gasteiger partial charge is 0.482 e. The number of benzene rings is 1. The summed E-state index contributed by atoms with van der Waals surface area (Å²) in [5.74, 6) is 2.47. The summed E-state index contributed by atoms with van der Waals surface area (Å²) in [4.78, 5) is 4.55. The van der Waals surface area contributed by atoms with Crippen molar-refractivity contribution in [3.05, 3.63) is 41.5 Å². The number of ether oxygens (including phenoxy) is 1. The summed E-state index contributed by atoms with van der Waals surface area (Å²) in [5, 5.41) is 14.5. The molecule has 0 saturated heterocycles. The lowest BCUT2D eigenvalue weighted by atomic mass is 10.1. The average molecular weight is 317 g/mol. The SMILES string of the molecule is Cc1cccc(O[C@H](c2nc(C)nn2CC(C)(C)O)C(C)C)c1. The minimum atomic E-state index is -0.861. The van der Waals surface area contributed by atoms with Gasteiger partial charge in [-0.2, -0.15) is 5.10 Å². The van der Waals surface area contributed by atoms with E-state index in [1.54, 1.807) is 18.5 Å². The van der Waals surface area contributed by atoms with E-state index in [1.807, 2.05) is 38.1 Å². The van der Waals surface area contributed by atoms with Gasteiger partial charge in [0.05, 0.1) is 12.1 Å². The van der Waals surface area contributed by atoms with Gasteiger partial charge >= 0.3 is 0 Å². The molecule has 0 saturated carbocycles. The third-order valence-corrected chi connectivity index (χ3v) is 3.46. The zero-order valence-corrected chi connectivity index (χ0v) is 14.9. The van der Waals surface area contributed by atoms with Crippen LogP contribution < -0.4 is 4.74 Å². The molecule has 0 aliphatic rings. The first-order chi connectivity index (χ1) is 10.7. The zero-order chi connectivity index (χ0) is 17.2. The Morgan fingerprint density at radius 2 is 1.96 bits per heavy atom. The van der Waals surface area contributed by atoms with Crippen molar-refractivity contribution >= 4 is 0 Å². The van der Waals surface area contributed by atoms with Gasteiger partial charge in [0.25, 0.3) is 0 Å². The van der Waals surface area contributed by atoms with E-state index in [4.69, 9.17) is 4.74 Å². The first kappa shape index (κ1) is 17.5. The molecule has 0 bridgehead atoms. The number of rotatable bonds is 6. The number of aryl methyl sites for hydroxylation is 2. The fraction of sp³-hybridized carbons (Fsp3) is 0.556. The van der Waals surface area contributed by atoms with E-state index in [2.05, 4.69) is 23.9 Å². The Morgan fingerprint density at radius 1 is 1.26 bits per heavy atom. The van der Waals surface area contributed by atoms with Crippen LogP contribution in [0.5, 0.6) is 5.75 Å². The maximum Gasteiger partial charge on any atom is 0.168 e. The highest BCUT2D eigenvalue weighted by molar-refractivity contribution is 5.28. The normalized spacial score (nSPS) is 13.4. The number of nitrogens with zero attached hydrogens (tertiary/aromatic N) is 3. The van der Waals surface area contributed by atoms with Gasteiger partial charge in [-0.25, -0.2) is 9.67 Å². The maximum absolute atomic E-state index is 10.1. The molecule has 0 spiro atoms. The molecule has 1 atom stereocenters. The molecule has 0 radical (unpaired) electrons. The number of hydrogen-bond acceptors (Lipinski definition) is 4. The molecule has 0 fully saturated rings. The molecule has 126 valence electrons. The molecular formula is C18H27N3O2. The van der Waals surface area contributed by atoms with Crippen molar-refractivity contribution < 1.29 is 9.84 Å². The minimum Gasteiger partial charge on any atom is -0.482 e. The Kier molecular flexibility index (Phi) is 5.09. The summed E-state index contributed by atoms with van der Waals surface area (Å²) >= 11 is 0. The van der Waals surface area contributed by atoms with Crippen molar-refractivity contribution in [3.8, 4) is 5.75 Å². The predicted molar refractivity (Wildman–Crippen MR) is 90.4 cm³/mol. The Bertz CT molecular complexity index is 657. The molecule has 1 aromatic heterocycles.